The van der Waals surface area contributed by atoms with Gasteiger partial charge >= 0.3 is 12.4 Å². The van der Waals surface area contributed by atoms with Crippen molar-refractivity contribution < 1.29 is 135 Å². The summed E-state index contributed by atoms with van der Waals surface area (Å²) in [6, 6.07) is 0. The predicted molar refractivity (Wildman–Crippen MR) is 327 cm³/mol. The monoisotopic (exact) mass is 1460 g/mol. The zero-order valence-electron chi connectivity index (χ0n) is 59.2. The van der Waals surface area contributed by atoms with Crippen LogP contribution in [0.2, 0.25) is 0 Å². The summed E-state index contributed by atoms with van der Waals surface area (Å²) in [7, 11) is -6.45. The second-order valence-corrected chi connectivity index (χ2v) is 37.2. The second-order valence-electron chi connectivity index (χ2n) is 33.9. The highest BCUT2D eigenvalue weighted by atomic mass is 32.2. The minimum absolute atomic E-state index is 0.0490. The van der Waals surface area contributed by atoms with Crippen LogP contribution in [-0.4, -0.2) is 143 Å². The first-order valence-electron chi connectivity index (χ1n) is 36.3. The van der Waals surface area contributed by atoms with Crippen LogP contribution < -0.4 is 0 Å². The van der Waals surface area contributed by atoms with E-state index in [4.69, 9.17) is 95.9 Å². The molecule has 4 saturated carbocycles. The Kier molecular flexibility index (Phi) is 17.9. The molecule has 4 aliphatic carbocycles. The van der Waals surface area contributed by atoms with Crippen molar-refractivity contribution >= 4 is 20.6 Å². The fourth-order valence-corrected chi connectivity index (χ4v) is 23.8. The van der Waals surface area contributed by atoms with Crippen molar-refractivity contribution in [1.29, 1.82) is 0 Å². The number of alkyl halides is 6. The maximum Gasteiger partial charge on any atom is 0.443 e. The maximum atomic E-state index is 15.3. The molecular formula is C68H102F6O23S2. The molecule has 0 aromatic rings. The predicted octanol–water partition coefficient (Wildman–Crippen LogP) is 12.5. The highest BCUT2D eigenvalue weighted by Crippen LogP contribution is 2.69. The first kappa shape index (κ1) is 73.4. The molecule has 0 aromatic carbocycles. The summed E-state index contributed by atoms with van der Waals surface area (Å²) in [6.45, 7) is 25.6. The van der Waals surface area contributed by atoms with Gasteiger partial charge in [-0.1, -0.05) is 55.4 Å². The van der Waals surface area contributed by atoms with E-state index in [-0.39, 0.29) is 59.2 Å². The smallest absolute Gasteiger partial charge is 0.336 e. The summed E-state index contributed by atoms with van der Waals surface area (Å²) in [5.41, 5.74) is -4.22. The van der Waals surface area contributed by atoms with Gasteiger partial charge in [-0.15, -0.1) is 0 Å². The van der Waals surface area contributed by atoms with Crippen LogP contribution >= 0.6 is 0 Å². The summed E-state index contributed by atoms with van der Waals surface area (Å²) in [4.78, 5) is 47.6. The topological polar surface area (TPSA) is 236 Å². The number of hydrogen-bond donors (Lipinski definition) is 0. The summed E-state index contributed by atoms with van der Waals surface area (Å²) in [6.07, 6.45) is -3.88. The van der Waals surface area contributed by atoms with E-state index in [0.717, 1.165) is 44.9 Å². The van der Waals surface area contributed by atoms with Crippen molar-refractivity contribution in [1.82, 2.24) is 0 Å². The lowest BCUT2D eigenvalue weighted by atomic mass is 9.57. The van der Waals surface area contributed by atoms with Gasteiger partial charge in [-0.05, 0) is 166 Å². The summed E-state index contributed by atoms with van der Waals surface area (Å²) >= 11 is 0. The molecule has 8 bridgehead atoms. The van der Waals surface area contributed by atoms with Crippen LogP contribution in [0.3, 0.4) is 0 Å². The van der Waals surface area contributed by atoms with Gasteiger partial charge in [-0.25, -0.2) is 47.5 Å². The van der Waals surface area contributed by atoms with E-state index in [0.29, 0.717) is 69.6 Å². The zero-order chi connectivity index (χ0) is 70.9. The molecule has 20 rings (SSSR count). The van der Waals surface area contributed by atoms with E-state index in [1.807, 2.05) is 27.7 Å². The van der Waals surface area contributed by atoms with Crippen molar-refractivity contribution in [2.45, 2.75) is 306 Å². The van der Waals surface area contributed by atoms with Gasteiger partial charge < -0.3 is 56.8 Å². The van der Waals surface area contributed by atoms with Gasteiger partial charge in [0.2, 0.25) is 23.1 Å². The van der Waals surface area contributed by atoms with Crippen LogP contribution in [0.5, 0.6) is 0 Å². The number of fused-ring (bicyclic) bond motifs is 8. The van der Waals surface area contributed by atoms with Crippen molar-refractivity contribution in [3.05, 3.63) is 0 Å². The number of sulfone groups is 1. The lowest BCUT2D eigenvalue weighted by Gasteiger charge is -2.62. The van der Waals surface area contributed by atoms with E-state index in [9.17, 15) is 12.6 Å². The molecule has 31 heteroatoms. The van der Waals surface area contributed by atoms with Gasteiger partial charge in [-0.3, -0.25) is 4.21 Å². The Morgan fingerprint density at radius 1 is 0.354 bits per heavy atom. The fourth-order valence-electron chi connectivity index (χ4n) is 22.2. The SMILES string of the molecule is C[C@@H]1CC[C@H]2[C@@H](C)[C@@](C)(OCS(=O)(=O)CO[C@@]3(C(F)(F)F)O[C@@H]4O[C@]5(C)CC[C@H]6[C@H](C)CC[C@@H]([C@H]3C)[C@@]46OO5)O[C@@H]3O[C@]4(C)CC[C@@H]1[C@]32OO4.C[C@@H]1CC[C@H]2[C@@H](C)[C@@](C)(OCS(=O)CO[C@@]3(C(F)(F)F)O[C@@H]4O[C@]5(C)CC[C@H]6[C@H](C)CC[C@@H]([C@H]3C)[C@@]46OO5)O[C@@H]3O[C@]4(C)CC[C@@H]1[C@]32OO4. The van der Waals surface area contributed by atoms with Crippen LogP contribution in [0.4, 0.5) is 26.3 Å². The van der Waals surface area contributed by atoms with Crippen LogP contribution in [0.25, 0.3) is 0 Å². The van der Waals surface area contributed by atoms with Gasteiger partial charge in [0.15, 0.2) is 80.9 Å². The van der Waals surface area contributed by atoms with E-state index >= 15 is 26.3 Å². The van der Waals surface area contributed by atoms with Crippen molar-refractivity contribution in [2.24, 2.45) is 94.7 Å². The molecule has 99 heavy (non-hydrogen) atoms. The van der Waals surface area contributed by atoms with Crippen molar-refractivity contribution in [2.75, 3.05) is 23.8 Å². The molecule has 16 heterocycles. The van der Waals surface area contributed by atoms with Gasteiger partial charge in [0.05, 0.1) is 10.8 Å². The molecule has 23 nitrogen and oxygen atoms in total. The third kappa shape index (κ3) is 10.9. The van der Waals surface area contributed by atoms with Crippen molar-refractivity contribution in [3.63, 3.8) is 0 Å². The molecule has 0 N–H and O–H groups in total. The average Bonchev–Trinajstić information content (AvgIpc) is 1.67. The zero-order valence-corrected chi connectivity index (χ0v) is 60.8. The number of hydrogen-bond acceptors (Lipinski definition) is 23. The normalized spacial score (nSPS) is 56.5. The molecule has 0 aromatic heterocycles. The minimum atomic E-state index is -5.12. The highest BCUT2D eigenvalue weighted by Gasteiger charge is 2.81. The first-order valence-corrected chi connectivity index (χ1v) is 39.6. The van der Waals surface area contributed by atoms with E-state index < -0.39 is 174 Å². The average molecular weight is 1470 g/mol. The Morgan fingerprint density at radius 2 is 0.636 bits per heavy atom. The maximum absolute atomic E-state index is 15.3. The van der Waals surface area contributed by atoms with Gasteiger partial charge in [0.1, 0.15) is 11.9 Å². The molecule has 4 spiro atoms. The molecule has 0 amide bonds. The van der Waals surface area contributed by atoms with Crippen LogP contribution in [0, 0.1) is 94.7 Å². The Bertz CT molecular complexity index is 3220. The molecular weight excluding hydrogens is 1360 g/mol. The largest absolute Gasteiger partial charge is 0.443 e. The van der Waals surface area contributed by atoms with Crippen LogP contribution in [0.1, 0.15) is 200 Å². The van der Waals surface area contributed by atoms with Crippen LogP contribution in [0.15, 0.2) is 0 Å². The molecule has 16 saturated heterocycles. The molecule has 20 fully saturated rings. The summed E-state index contributed by atoms with van der Waals surface area (Å²) in [5, 5.41) is 0. The van der Waals surface area contributed by atoms with Gasteiger partial charge in [0, 0.05) is 73.0 Å². The lowest BCUT2D eigenvalue weighted by Crippen LogP contribution is -2.76. The fraction of sp³-hybridized carbons (Fsp3) is 1.00. The quantitative estimate of drug-likeness (QED) is 0.130. The highest BCUT2D eigenvalue weighted by molar-refractivity contribution is 7.91. The summed E-state index contributed by atoms with van der Waals surface area (Å²) < 4.78 is 206. The Labute approximate surface area is 577 Å². The van der Waals surface area contributed by atoms with E-state index in [2.05, 4.69) is 20.8 Å². The van der Waals surface area contributed by atoms with Crippen LogP contribution in [-0.2, 0) is 117 Å². The first-order chi connectivity index (χ1) is 46.2. The second kappa shape index (κ2) is 24.2. The Hall–Kier alpha value is -1.12. The molecule has 1 unspecified atom stereocenters. The van der Waals surface area contributed by atoms with Gasteiger partial charge in [0.25, 0.3) is 11.6 Å². The van der Waals surface area contributed by atoms with Crippen molar-refractivity contribution in [3.8, 4) is 0 Å². The number of rotatable bonds is 12. The summed E-state index contributed by atoms with van der Waals surface area (Å²) in [5.74, 6) is -21.1. The molecule has 33 atom stereocenters. The standard InChI is InChI=1S/C34H51F3O12S.C34H51F3O11S/c1-18-8-10-24-20(3)30(7,44-26-31(24)22(18)12-14-28(5,42-26)46-48-31)40-16-50(38,39)17-41-33(34(35,36)37)21(4)25-11-9-19(2)23-13-15-29(6)43-27(45-33)32(23,25)49-47-29;1-18-8-10-24-20(3)30(7,43-26-31(24)22(18)12-14-28(5,41-26)45-47-31)39-16-49(38)17-40-33(34(35,36)37)21(4)25-11-9-19(2)23-13-15-29(6)42-27(44-33)32(23,25)48-46-29/h18-27H,8-17H2,1-7H3;18-27H,8-17H2,1-7H3/t18-,19-,20-,21-,22+,23+,24+,25+,26+,27+,28+,29+,30+,31-,32-,33-;18-,19-,20-,21-,22+,23+,24+,25+,26+,27+,28+,29+,30+,31-,32-,33-,49?/m11/s1. The Balaban J connectivity index is 0.000000161. The van der Waals surface area contributed by atoms with Gasteiger partial charge in [-0.2, -0.15) is 26.3 Å². The molecule has 566 valence electrons. The third-order valence-electron chi connectivity index (χ3n) is 28.3. The molecule has 16 aliphatic heterocycles. The minimum Gasteiger partial charge on any atom is -0.336 e. The molecule has 20 aliphatic rings. The van der Waals surface area contributed by atoms with E-state index in [1.54, 1.807) is 34.6 Å². The molecule has 0 radical (unpaired) electrons. The number of ether oxygens (including phenoxy) is 12. The lowest BCUT2D eigenvalue weighted by molar-refractivity contribution is -0.598. The third-order valence-corrected chi connectivity index (χ3v) is 30.0. The number of halogens is 6. The Morgan fingerprint density at radius 3 is 0.970 bits per heavy atom. The van der Waals surface area contributed by atoms with E-state index in [1.165, 1.54) is 13.8 Å².